The number of amides is 1. The molecule has 2 heterocycles. The van der Waals surface area contributed by atoms with Crippen LogP contribution in [0.25, 0.3) is 0 Å². The summed E-state index contributed by atoms with van der Waals surface area (Å²) in [6.45, 7) is 0. The van der Waals surface area contributed by atoms with Crippen LogP contribution in [0.4, 0.5) is 11.4 Å². The minimum absolute atomic E-state index is 0.0429. The van der Waals surface area contributed by atoms with Gasteiger partial charge in [-0.15, -0.1) is 0 Å². The van der Waals surface area contributed by atoms with Crippen molar-refractivity contribution < 1.29 is 14.4 Å². The fraction of sp³-hybridized carbons (Fsp3) is 0. The van der Waals surface area contributed by atoms with Gasteiger partial charge in [-0.25, -0.2) is 0 Å². The zero-order valence-electron chi connectivity index (χ0n) is 15.2. The van der Waals surface area contributed by atoms with E-state index in [1.165, 1.54) is 23.3 Å². The Balaban J connectivity index is 1.93. The molecule has 4 rings (SSSR count). The Labute approximate surface area is 166 Å². The Bertz CT molecular complexity index is 1170. The topological polar surface area (TPSA) is 116 Å². The summed E-state index contributed by atoms with van der Waals surface area (Å²) in [5, 5.41) is 10.3. The van der Waals surface area contributed by atoms with Crippen molar-refractivity contribution >= 4 is 35.1 Å². The van der Waals surface area contributed by atoms with Crippen molar-refractivity contribution in [3.05, 3.63) is 95.0 Å². The van der Waals surface area contributed by atoms with Gasteiger partial charge in [0.15, 0.2) is 0 Å². The number of rotatable bonds is 3. The molecule has 7 nitrogen and oxygen atoms in total. The first-order valence-corrected chi connectivity index (χ1v) is 8.80. The number of nitrogens with zero attached hydrogens (tertiary/aromatic N) is 1. The summed E-state index contributed by atoms with van der Waals surface area (Å²) < 4.78 is 0. The number of allylic oxidation sites excluding steroid dienone is 3. The van der Waals surface area contributed by atoms with Crippen molar-refractivity contribution in [1.82, 2.24) is 0 Å². The summed E-state index contributed by atoms with van der Waals surface area (Å²) in [7, 11) is 0. The van der Waals surface area contributed by atoms with E-state index in [0.717, 1.165) is 6.21 Å². The molecular weight excluding hydrogens is 368 g/mol. The first-order valence-electron chi connectivity index (χ1n) is 8.80. The number of hydrogen-bond donors (Lipinski definition) is 3. The summed E-state index contributed by atoms with van der Waals surface area (Å²) in [6, 6.07) is 13.5. The van der Waals surface area contributed by atoms with Crippen LogP contribution < -0.4 is 16.0 Å². The number of benzene rings is 2. The van der Waals surface area contributed by atoms with Crippen LogP contribution in [0.2, 0.25) is 0 Å². The van der Waals surface area contributed by atoms with Gasteiger partial charge in [0.1, 0.15) is 11.4 Å². The van der Waals surface area contributed by atoms with Gasteiger partial charge in [-0.3, -0.25) is 19.3 Å². The van der Waals surface area contributed by atoms with Crippen LogP contribution in [0.5, 0.6) is 0 Å². The van der Waals surface area contributed by atoms with Crippen LogP contribution in [-0.4, -0.2) is 23.7 Å². The highest BCUT2D eigenvalue weighted by Crippen LogP contribution is 2.40. The quantitative estimate of drug-likeness (QED) is 0.427. The van der Waals surface area contributed by atoms with Gasteiger partial charge in [-0.05, 0) is 42.6 Å². The largest absolute Gasteiger partial charge is 0.405 e. The average Bonchev–Trinajstić information content (AvgIpc) is 3.22. The number of anilines is 2. The summed E-state index contributed by atoms with van der Waals surface area (Å²) in [6.07, 6.45) is 4.76. The number of carbonyl (C=O) groups is 3. The maximum atomic E-state index is 13.3. The summed E-state index contributed by atoms with van der Waals surface area (Å²) in [4.78, 5) is 40.7. The monoisotopic (exact) mass is 384 g/mol. The highest BCUT2D eigenvalue weighted by atomic mass is 16.2. The number of nitrogens with two attached hydrogens (primary N) is 1. The Hall–Kier alpha value is -4.26. The fourth-order valence-electron chi connectivity index (χ4n) is 3.45. The van der Waals surface area contributed by atoms with Gasteiger partial charge >= 0.3 is 0 Å². The van der Waals surface area contributed by atoms with Crippen LogP contribution in [0, 0.1) is 5.41 Å². The highest BCUT2D eigenvalue weighted by molar-refractivity contribution is 6.33. The molecule has 2 aliphatic heterocycles. The smallest absolute Gasteiger partial charge is 0.263 e. The molecule has 0 unspecified atom stereocenters. The molecule has 0 bridgehead atoms. The minimum Gasteiger partial charge on any atom is -0.405 e. The third-order valence-electron chi connectivity index (χ3n) is 4.71. The molecule has 0 atom stereocenters. The molecule has 2 aromatic rings. The van der Waals surface area contributed by atoms with Crippen LogP contribution >= 0.6 is 0 Å². The molecule has 1 amide bonds. The number of nitrogens with one attached hydrogen (secondary N) is 2. The molecular formula is C22H16N4O3. The van der Waals surface area contributed by atoms with Crippen LogP contribution in [0.1, 0.15) is 20.7 Å². The van der Waals surface area contributed by atoms with Crippen molar-refractivity contribution in [3.8, 4) is 0 Å². The number of hydrogen-bond acceptors (Lipinski definition) is 6. The van der Waals surface area contributed by atoms with E-state index in [1.807, 2.05) is 0 Å². The zero-order valence-corrected chi connectivity index (χ0v) is 15.2. The predicted molar refractivity (Wildman–Crippen MR) is 110 cm³/mol. The third kappa shape index (κ3) is 2.76. The van der Waals surface area contributed by atoms with Gasteiger partial charge in [-0.1, -0.05) is 24.3 Å². The molecule has 0 radical (unpaired) electrons. The van der Waals surface area contributed by atoms with E-state index in [1.54, 1.807) is 48.5 Å². The van der Waals surface area contributed by atoms with E-state index < -0.39 is 11.7 Å². The Morgan fingerprint density at radius 1 is 1.00 bits per heavy atom. The van der Waals surface area contributed by atoms with Crippen molar-refractivity contribution in [2.75, 3.05) is 10.2 Å². The second-order valence-corrected chi connectivity index (χ2v) is 6.36. The van der Waals surface area contributed by atoms with Crippen molar-refractivity contribution in [2.24, 2.45) is 5.73 Å². The van der Waals surface area contributed by atoms with Crippen LogP contribution in [0.15, 0.2) is 83.9 Å². The zero-order chi connectivity index (χ0) is 20.5. The summed E-state index contributed by atoms with van der Waals surface area (Å²) >= 11 is 0. The van der Waals surface area contributed by atoms with Gasteiger partial charge < -0.3 is 16.5 Å². The number of Topliss-reactive ketones (excluding diaryl/α,β-unsaturated/α-hetero) is 2. The fourth-order valence-corrected chi connectivity index (χ4v) is 3.45. The Morgan fingerprint density at radius 3 is 2.38 bits per heavy atom. The van der Waals surface area contributed by atoms with Gasteiger partial charge in [-0.2, -0.15) is 0 Å². The lowest BCUT2D eigenvalue weighted by Crippen LogP contribution is -2.32. The number of fused-ring (bicyclic) bond motifs is 2. The second kappa shape index (κ2) is 7.05. The lowest BCUT2D eigenvalue weighted by Gasteiger charge is -2.20. The molecule has 2 aromatic carbocycles. The molecule has 2 aliphatic rings. The standard InChI is InChI=1S/C22H16N4O3/c23-11-9-13(10-12-24)22(29)26-17-8-4-2-6-15(17)21(28)19(26)18-20(27)14-5-1-3-7-16(14)25-18/h1-12,23,25H,24H2/b12-10-,13-9+,19-18+,23-11?. The first-order chi connectivity index (χ1) is 14.1. The number of carbonyl (C=O) groups excluding carboxylic acids is 3. The predicted octanol–water partition coefficient (Wildman–Crippen LogP) is 2.78. The maximum Gasteiger partial charge on any atom is 0.263 e. The molecule has 0 aliphatic carbocycles. The van der Waals surface area contributed by atoms with Crippen molar-refractivity contribution in [2.45, 2.75) is 0 Å². The van der Waals surface area contributed by atoms with E-state index >= 15 is 0 Å². The third-order valence-corrected chi connectivity index (χ3v) is 4.71. The van der Waals surface area contributed by atoms with E-state index in [4.69, 9.17) is 11.1 Å². The van der Waals surface area contributed by atoms with Gasteiger partial charge in [0.2, 0.25) is 11.6 Å². The molecule has 7 heteroatoms. The summed E-state index contributed by atoms with van der Waals surface area (Å²) in [5.74, 6) is -1.35. The number of para-hydroxylation sites is 2. The van der Waals surface area contributed by atoms with E-state index in [-0.39, 0.29) is 22.8 Å². The SMILES string of the molecule is N=C/C=C(\C=C/N)C(=O)N1/C(=C2/Nc3ccccc3C2=O)C(=O)c2ccccc21. The minimum atomic E-state index is -0.568. The van der Waals surface area contributed by atoms with Crippen molar-refractivity contribution in [3.63, 3.8) is 0 Å². The molecule has 0 saturated heterocycles. The maximum absolute atomic E-state index is 13.3. The molecule has 0 fully saturated rings. The molecule has 0 aromatic heterocycles. The lowest BCUT2D eigenvalue weighted by atomic mass is 10.1. The number of ketones is 2. The molecule has 29 heavy (non-hydrogen) atoms. The Morgan fingerprint density at radius 2 is 1.69 bits per heavy atom. The van der Waals surface area contributed by atoms with E-state index in [9.17, 15) is 14.4 Å². The van der Waals surface area contributed by atoms with Crippen molar-refractivity contribution in [1.29, 1.82) is 5.41 Å². The highest BCUT2D eigenvalue weighted by Gasteiger charge is 2.42. The summed E-state index contributed by atoms with van der Waals surface area (Å²) in [5.41, 5.74) is 7.25. The Kier molecular flexibility index (Phi) is 4.40. The van der Waals surface area contributed by atoms with Crippen LogP contribution in [-0.2, 0) is 4.79 Å². The molecule has 0 spiro atoms. The van der Waals surface area contributed by atoms with E-state index in [0.29, 0.717) is 22.5 Å². The van der Waals surface area contributed by atoms with Gasteiger partial charge in [0.25, 0.3) is 5.91 Å². The van der Waals surface area contributed by atoms with Gasteiger partial charge in [0.05, 0.1) is 5.69 Å². The van der Waals surface area contributed by atoms with E-state index in [2.05, 4.69) is 5.32 Å². The van der Waals surface area contributed by atoms with Gasteiger partial charge in [0, 0.05) is 28.6 Å². The molecule has 4 N–H and O–H groups in total. The average molecular weight is 384 g/mol. The normalized spacial score (nSPS) is 18.1. The second-order valence-electron chi connectivity index (χ2n) is 6.36. The lowest BCUT2D eigenvalue weighted by molar-refractivity contribution is -0.114. The van der Waals surface area contributed by atoms with Crippen LogP contribution in [0.3, 0.4) is 0 Å². The molecule has 0 saturated carbocycles. The first kappa shape index (κ1) is 18.1. The molecule has 142 valence electrons.